The standard InChI is InChI=1S/C19H18O2/c1-18(2)17(12-20)19(18,13-21)16-11-7-6-10-15(16)14-8-4-3-5-9-14/h3-13,17H,1-2H3. The summed E-state index contributed by atoms with van der Waals surface area (Å²) in [6.45, 7) is 3.98. The molecule has 0 bridgehead atoms. The van der Waals surface area contributed by atoms with E-state index in [1.807, 2.05) is 68.4 Å². The molecule has 0 amide bonds. The zero-order valence-corrected chi connectivity index (χ0v) is 12.2. The molecule has 0 spiro atoms. The molecule has 2 aromatic rings. The second-order valence-electron chi connectivity index (χ2n) is 6.23. The molecule has 21 heavy (non-hydrogen) atoms. The van der Waals surface area contributed by atoms with Crippen molar-refractivity contribution < 1.29 is 9.59 Å². The Morgan fingerprint density at radius 2 is 1.52 bits per heavy atom. The third kappa shape index (κ3) is 1.72. The van der Waals surface area contributed by atoms with E-state index >= 15 is 0 Å². The zero-order valence-electron chi connectivity index (χ0n) is 12.2. The predicted molar refractivity (Wildman–Crippen MR) is 83.0 cm³/mol. The van der Waals surface area contributed by atoms with Crippen LogP contribution < -0.4 is 0 Å². The molecule has 2 nitrogen and oxygen atoms in total. The van der Waals surface area contributed by atoms with E-state index in [9.17, 15) is 9.59 Å². The van der Waals surface area contributed by atoms with E-state index in [0.717, 1.165) is 29.3 Å². The highest BCUT2D eigenvalue weighted by Gasteiger charge is 2.72. The number of carbonyl (C=O) groups is 2. The van der Waals surface area contributed by atoms with E-state index in [1.165, 1.54) is 0 Å². The van der Waals surface area contributed by atoms with Gasteiger partial charge in [0.05, 0.1) is 5.41 Å². The predicted octanol–water partition coefficient (Wildman–Crippen LogP) is 3.65. The molecule has 0 aromatic heterocycles. The zero-order chi connectivity index (χ0) is 15.1. The highest BCUT2D eigenvalue weighted by Crippen LogP contribution is 2.68. The summed E-state index contributed by atoms with van der Waals surface area (Å²) in [7, 11) is 0. The lowest BCUT2D eigenvalue weighted by Crippen LogP contribution is -2.18. The largest absolute Gasteiger partial charge is 0.303 e. The molecule has 1 fully saturated rings. The molecule has 1 aliphatic rings. The van der Waals surface area contributed by atoms with Crippen LogP contribution in [0.3, 0.4) is 0 Å². The first-order chi connectivity index (χ1) is 10.1. The second-order valence-corrected chi connectivity index (χ2v) is 6.23. The SMILES string of the molecule is CC1(C)C(C=O)C1(C=O)c1ccccc1-c1ccccc1. The molecule has 3 rings (SSSR count). The van der Waals surface area contributed by atoms with Gasteiger partial charge in [-0.1, -0.05) is 68.4 Å². The fourth-order valence-corrected chi connectivity index (χ4v) is 3.63. The van der Waals surface area contributed by atoms with Gasteiger partial charge in [0, 0.05) is 5.92 Å². The minimum atomic E-state index is -0.707. The Morgan fingerprint density at radius 3 is 2.10 bits per heavy atom. The Bertz CT molecular complexity index is 688. The Labute approximate surface area is 124 Å². The van der Waals surface area contributed by atoms with Gasteiger partial charge < -0.3 is 9.59 Å². The molecule has 0 aliphatic heterocycles. The molecular formula is C19H18O2. The summed E-state index contributed by atoms with van der Waals surface area (Å²) < 4.78 is 0. The molecular weight excluding hydrogens is 260 g/mol. The quantitative estimate of drug-likeness (QED) is 0.800. The topological polar surface area (TPSA) is 34.1 Å². The maximum Gasteiger partial charge on any atom is 0.131 e. The van der Waals surface area contributed by atoms with E-state index in [2.05, 4.69) is 0 Å². The van der Waals surface area contributed by atoms with E-state index in [4.69, 9.17) is 0 Å². The van der Waals surface area contributed by atoms with Crippen LogP contribution in [0.2, 0.25) is 0 Å². The van der Waals surface area contributed by atoms with Gasteiger partial charge in [0.25, 0.3) is 0 Å². The molecule has 2 atom stereocenters. The molecule has 106 valence electrons. The Balaban J connectivity index is 2.21. The van der Waals surface area contributed by atoms with Crippen LogP contribution in [0, 0.1) is 11.3 Å². The molecule has 2 unspecified atom stereocenters. The van der Waals surface area contributed by atoms with Gasteiger partial charge in [0.2, 0.25) is 0 Å². The van der Waals surface area contributed by atoms with Crippen LogP contribution in [0.1, 0.15) is 19.4 Å². The number of hydrogen-bond acceptors (Lipinski definition) is 2. The Morgan fingerprint density at radius 1 is 0.905 bits per heavy atom. The summed E-state index contributed by atoms with van der Waals surface area (Å²) in [6, 6.07) is 17.9. The van der Waals surface area contributed by atoms with Crippen LogP contribution in [0.25, 0.3) is 11.1 Å². The van der Waals surface area contributed by atoms with Crippen molar-refractivity contribution in [2.24, 2.45) is 11.3 Å². The van der Waals surface area contributed by atoms with Gasteiger partial charge in [-0.05, 0) is 22.1 Å². The van der Waals surface area contributed by atoms with Crippen molar-refractivity contribution >= 4 is 12.6 Å². The third-order valence-corrected chi connectivity index (χ3v) is 5.03. The van der Waals surface area contributed by atoms with Crippen LogP contribution in [0.4, 0.5) is 0 Å². The summed E-state index contributed by atoms with van der Waals surface area (Å²) in [5.41, 5.74) is 2.01. The maximum absolute atomic E-state index is 11.9. The molecule has 0 radical (unpaired) electrons. The second kappa shape index (κ2) is 4.66. The van der Waals surface area contributed by atoms with Gasteiger partial charge in [0.15, 0.2) is 0 Å². The maximum atomic E-state index is 11.9. The van der Waals surface area contributed by atoms with Crippen molar-refractivity contribution in [2.45, 2.75) is 19.3 Å². The lowest BCUT2D eigenvalue weighted by atomic mass is 9.84. The third-order valence-electron chi connectivity index (χ3n) is 5.03. The van der Waals surface area contributed by atoms with Gasteiger partial charge in [-0.25, -0.2) is 0 Å². The monoisotopic (exact) mass is 278 g/mol. The molecule has 1 aliphatic carbocycles. The van der Waals surface area contributed by atoms with Crippen molar-refractivity contribution in [3.63, 3.8) is 0 Å². The first-order valence-electron chi connectivity index (χ1n) is 7.16. The van der Waals surface area contributed by atoms with Gasteiger partial charge in [-0.2, -0.15) is 0 Å². The first-order valence-corrected chi connectivity index (χ1v) is 7.16. The summed E-state index contributed by atoms with van der Waals surface area (Å²) in [4.78, 5) is 23.3. The van der Waals surface area contributed by atoms with Crippen LogP contribution in [-0.4, -0.2) is 12.6 Å². The minimum absolute atomic E-state index is 0.257. The van der Waals surface area contributed by atoms with E-state index in [-0.39, 0.29) is 11.3 Å². The number of aldehydes is 2. The van der Waals surface area contributed by atoms with Crippen molar-refractivity contribution in [3.05, 3.63) is 60.2 Å². The highest BCUT2D eigenvalue weighted by molar-refractivity contribution is 5.90. The highest BCUT2D eigenvalue weighted by atomic mass is 16.1. The Kier molecular flexibility index (Phi) is 3.05. The molecule has 0 heterocycles. The molecule has 2 aromatic carbocycles. The first kappa shape index (κ1) is 13.7. The summed E-state index contributed by atoms with van der Waals surface area (Å²) in [5.74, 6) is -0.257. The molecule has 0 N–H and O–H groups in total. The van der Waals surface area contributed by atoms with Crippen molar-refractivity contribution in [1.82, 2.24) is 0 Å². The van der Waals surface area contributed by atoms with Gasteiger partial charge >= 0.3 is 0 Å². The number of rotatable bonds is 4. The summed E-state index contributed by atoms with van der Waals surface area (Å²) >= 11 is 0. The molecule has 0 saturated heterocycles. The average Bonchev–Trinajstić information content (AvgIpc) is 3.03. The number of hydrogen-bond donors (Lipinski definition) is 0. The average molecular weight is 278 g/mol. The smallest absolute Gasteiger partial charge is 0.131 e. The van der Waals surface area contributed by atoms with Crippen molar-refractivity contribution in [1.29, 1.82) is 0 Å². The lowest BCUT2D eigenvalue weighted by molar-refractivity contribution is -0.113. The summed E-state index contributed by atoms with van der Waals surface area (Å²) in [6.07, 6.45) is 1.89. The fourth-order valence-electron chi connectivity index (χ4n) is 3.63. The van der Waals surface area contributed by atoms with E-state index < -0.39 is 5.41 Å². The van der Waals surface area contributed by atoms with Crippen LogP contribution in [0.5, 0.6) is 0 Å². The molecule has 1 saturated carbocycles. The van der Waals surface area contributed by atoms with Gasteiger partial charge in [-0.15, -0.1) is 0 Å². The lowest BCUT2D eigenvalue weighted by Gasteiger charge is -2.18. The fraction of sp³-hybridized carbons (Fsp3) is 0.263. The van der Waals surface area contributed by atoms with E-state index in [1.54, 1.807) is 0 Å². The van der Waals surface area contributed by atoms with Crippen LogP contribution in [-0.2, 0) is 15.0 Å². The van der Waals surface area contributed by atoms with Crippen molar-refractivity contribution in [3.8, 4) is 11.1 Å². The van der Waals surface area contributed by atoms with E-state index in [0.29, 0.717) is 0 Å². The van der Waals surface area contributed by atoms with Gasteiger partial charge in [0.1, 0.15) is 12.6 Å². The molecule has 2 heteroatoms. The summed E-state index contributed by atoms with van der Waals surface area (Å²) in [5, 5.41) is 0. The Hall–Kier alpha value is -2.22. The number of benzene rings is 2. The minimum Gasteiger partial charge on any atom is -0.303 e. The van der Waals surface area contributed by atoms with Crippen molar-refractivity contribution in [2.75, 3.05) is 0 Å². The normalized spacial score (nSPS) is 26.1. The number of carbonyl (C=O) groups excluding carboxylic acids is 2. The van der Waals surface area contributed by atoms with Crippen LogP contribution in [0.15, 0.2) is 54.6 Å². The van der Waals surface area contributed by atoms with Crippen LogP contribution >= 0.6 is 0 Å². The van der Waals surface area contributed by atoms with Gasteiger partial charge in [-0.3, -0.25) is 0 Å².